The Morgan fingerprint density at radius 3 is 2.69 bits per heavy atom. The number of ether oxygens (including phenoxy) is 1. The zero-order valence-electron chi connectivity index (χ0n) is 16.0. The van der Waals surface area contributed by atoms with E-state index in [0.717, 1.165) is 35.7 Å². The summed E-state index contributed by atoms with van der Waals surface area (Å²) < 4.78 is 5.19. The van der Waals surface area contributed by atoms with Crippen molar-refractivity contribution in [3.63, 3.8) is 0 Å². The van der Waals surface area contributed by atoms with Crippen LogP contribution in [-0.4, -0.2) is 41.0 Å². The summed E-state index contributed by atoms with van der Waals surface area (Å²) in [6.07, 6.45) is 2.36. The van der Waals surface area contributed by atoms with Gasteiger partial charge in [0.1, 0.15) is 5.00 Å². The van der Waals surface area contributed by atoms with Crippen LogP contribution in [-0.2, 0) is 33.8 Å². The minimum Gasteiger partial charge on any atom is -0.478 e. The highest BCUT2D eigenvalue weighted by Crippen LogP contribution is 2.38. The summed E-state index contributed by atoms with van der Waals surface area (Å²) in [5.41, 5.74) is 2.49. The number of anilines is 1. The van der Waals surface area contributed by atoms with E-state index in [9.17, 15) is 14.4 Å². The highest BCUT2D eigenvalue weighted by atomic mass is 32.1. The van der Waals surface area contributed by atoms with Crippen molar-refractivity contribution in [1.29, 1.82) is 0 Å². The lowest BCUT2D eigenvalue weighted by Crippen LogP contribution is -2.29. The van der Waals surface area contributed by atoms with E-state index < -0.39 is 17.8 Å². The molecule has 29 heavy (non-hydrogen) atoms. The molecule has 1 aromatic heterocycles. The molecule has 0 saturated heterocycles. The Balaban J connectivity index is 1.83. The molecule has 0 radical (unpaired) electrons. The number of fused-ring (bicyclic) bond motifs is 1. The van der Waals surface area contributed by atoms with Gasteiger partial charge in [-0.15, -0.1) is 11.3 Å². The van der Waals surface area contributed by atoms with Crippen molar-refractivity contribution in [2.75, 3.05) is 18.5 Å². The Morgan fingerprint density at radius 2 is 2.00 bits per heavy atom. The average molecular weight is 414 g/mol. The number of benzene rings is 1. The summed E-state index contributed by atoms with van der Waals surface area (Å²) in [6, 6.07) is 10.2. The van der Waals surface area contributed by atoms with Gasteiger partial charge in [-0.05, 0) is 24.5 Å². The van der Waals surface area contributed by atoms with Crippen molar-refractivity contribution in [2.24, 2.45) is 0 Å². The molecule has 2 N–H and O–H groups in total. The molecular formula is C21H22N2O5S. The third-order valence-corrected chi connectivity index (χ3v) is 5.61. The lowest BCUT2D eigenvalue weighted by Gasteiger charge is -2.27. The van der Waals surface area contributed by atoms with Crippen molar-refractivity contribution < 1.29 is 24.2 Å². The van der Waals surface area contributed by atoms with Crippen molar-refractivity contribution in [1.82, 2.24) is 4.90 Å². The summed E-state index contributed by atoms with van der Waals surface area (Å²) in [4.78, 5) is 38.5. The Hall–Kier alpha value is -2.97. The summed E-state index contributed by atoms with van der Waals surface area (Å²) in [6.45, 7) is 4.22. The number of carboxylic acid groups (broad SMARTS) is 1. The molecule has 3 rings (SSSR count). The molecule has 8 heteroatoms. The minimum atomic E-state index is -1.22. The Bertz CT molecular complexity index is 936. The van der Waals surface area contributed by atoms with Crippen LogP contribution in [0.15, 0.2) is 42.5 Å². The van der Waals surface area contributed by atoms with Crippen LogP contribution < -0.4 is 5.32 Å². The normalized spacial score (nSPS) is 13.8. The fourth-order valence-electron chi connectivity index (χ4n) is 3.24. The fourth-order valence-corrected chi connectivity index (χ4v) is 4.52. The third kappa shape index (κ3) is 5.30. The standard InChI is InChI=1S/C21H22N2O5S/c1-2-28-21(27)19-15-10-11-23(12-14-6-4-3-5-7-14)13-16(15)29-20(19)22-17(24)8-9-18(25)26/h3-9H,2,10-13H2,1H3,(H,22,24)(H,25,26)/b9-8+. The van der Waals surface area contributed by atoms with E-state index in [4.69, 9.17) is 9.84 Å². The summed E-state index contributed by atoms with van der Waals surface area (Å²) in [7, 11) is 0. The van der Waals surface area contributed by atoms with Crippen molar-refractivity contribution in [3.8, 4) is 0 Å². The van der Waals surface area contributed by atoms with E-state index >= 15 is 0 Å². The van der Waals surface area contributed by atoms with E-state index in [1.165, 1.54) is 16.9 Å². The molecule has 1 aliphatic rings. The highest BCUT2D eigenvalue weighted by Gasteiger charge is 2.29. The van der Waals surface area contributed by atoms with Gasteiger partial charge in [0, 0.05) is 36.7 Å². The number of nitrogens with one attached hydrogen (secondary N) is 1. The van der Waals surface area contributed by atoms with Crippen molar-refractivity contribution in [2.45, 2.75) is 26.4 Å². The summed E-state index contributed by atoms with van der Waals surface area (Å²) in [5.74, 6) is -2.29. The maximum Gasteiger partial charge on any atom is 0.341 e. The first-order valence-corrected chi connectivity index (χ1v) is 10.1. The zero-order valence-corrected chi connectivity index (χ0v) is 16.8. The Morgan fingerprint density at radius 1 is 1.24 bits per heavy atom. The summed E-state index contributed by atoms with van der Waals surface area (Å²) >= 11 is 1.34. The molecule has 0 spiro atoms. The Labute approximate surface area is 172 Å². The molecule has 7 nitrogen and oxygen atoms in total. The van der Waals surface area contributed by atoms with Gasteiger partial charge in [-0.25, -0.2) is 9.59 Å². The third-order valence-electron chi connectivity index (χ3n) is 4.48. The first-order chi connectivity index (χ1) is 14.0. The van der Waals surface area contributed by atoms with E-state index in [2.05, 4.69) is 22.3 Å². The van der Waals surface area contributed by atoms with E-state index in [1.807, 2.05) is 18.2 Å². The molecule has 0 saturated carbocycles. The van der Waals surface area contributed by atoms with Crippen LogP contribution in [0.4, 0.5) is 5.00 Å². The molecular weight excluding hydrogens is 392 g/mol. The lowest BCUT2D eigenvalue weighted by molar-refractivity contribution is -0.131. The lowest BCUT2D eigenvalue weighted by atomic mass is 10.0. The van der Waals surface area contributed by atoms with Gasteiger partial charge in [0.2, 0.25) is 5.91 Å². The van der Waals surface area contributed by atoms with Crippen LogP contribution in [0.5, 0.6) is 0 Å². The molecule has 1 aliphatic heterocycles. The number of carboxylic acids is 1. The molecule has 0 fully saturated rings. The van der Waals surface area contributed by atoms with E-state index in [0.29, 0.717) is 23.5 Å². The number of carbonyl (C=O) groups excluding carboxylic acids is 2. The second-order valence-electron chi connectivity index (χ2n) is 6.54. The monoisotopic (exact) mass is 414 g/mol. The number of aliphatic carboxylic acids is 1. The topological polar surface area (TPSA) is 95.9 Å². The number of hydrogen-bond donors (Lipinski definition) is 2. The quantitative estimate of drug-likeness (QED) is 0.534. The number of thiophene rings is 1. The second kappa shape index (κ2) is 9.49. The van der Waals surface area contributed by atoms with Crippen LogP contribution in [0.3, 0.4) is 0 Å². The summed E-state index contributed by atoms with van der Waals surface area (Å²) in [5, 5.41) is 11.7. The average Bonchev–Trinajstić information content (AvgIpc) is 3.04. The molecule has 0 aliphatic carbocycles. The molecule has 152 valence electrons. The van der Waals surface area contributed by atoms with Gasteiger partial charge in [0.05, 0.1) is 12.2 Å². The molecule has 0 atom stereocenters. The smallest absolute Gasteiger partial charge is 0.341 e. The van der Waals surface area contributed by atoms with Gasteiger partial charge < -0.3 is 15.2 Å². The molecule has 0 unspecified atom stereocenters. The fraction of sp³-hybridized carbons (Fsp3) is 0.286. The SMILES string of the molecule is CCOC(=O)c1c(NC(=O)/C=C/C(=O)O)sc2c1CCN(Cc1ccccc1)C2. The maximum atomic E-state index is 12.5. The van der Waals surface area contributed by atoms with Crippen LogP contribution in [0, 0.1) is 0 Å². The van der Waals surface area contributed by atoms with Crippen LogP contribution >= 0.6 is 11.3 Å². The predicted octanol–water partition coefficient (Wildman–Crippen LogP) is 3.06. The number of esters is 1. The first-order valence-electron chi connectivity index (χ1n) is 9.27. The second-order valence-corrected chi connectivity index (χ2v) is 7.64. The molecule has 1 amide bonds. The minimum absolute atomic E-state index is 0.232. The van der Waals surface area contributed by atoms with Gasteiger partial charge in [-0.3, -0.25) is 9.69 Å². The molecule has 0 bridgehead atoms. The number of hydrogen-bond acceptors (Lipinski definition) is 6. The molecule has 2 aromatic rings. The van der Waals surface area contributed by atoms with Gasteiger partial charge in [0.15, 0.2) is 0 Å². The van der Waals surface area contributed by atoms with Crippen molar-refractivity contribution >= 4 is 34.2 Å². The van der Waals surface area contributed by atoms with E-state index in [-0.39, 0.29) is 6.61 Å². The zero-order chi connectivity index (χ0) is 20.8. The number of rotatable bonds is 7. The maximum absolute atomic E-state index is 12.5. The molecule has 1 aromatic carbocycles. The van der Waals surface area contributed by atoms with E-state index in [1.54, 1.807) is 6.92 Å². The van der Waals surface area contributed by atoms with Gasteiger partial charge >= 0.3 is 11.9 Å². The largest absolute Gasteiger partial charge is 0.478 e. The molecule has 2 heterocycles. The van der Waals surface area contributed by atoms with Gasteiger partial charge in [-0.2, -0.15) is 0 Å². The Kier molecular flexibility index (Phi) is 6.79. The van der Waals surface area contributed by atoms with Crippen LogP contribution in [0.25, 0.3) is 0 Å². The van der Waals surface area contributed by atoms with Crippen molar-refractivity contribution in [3.05, 3.63) is 64.1 Å². The number of carbonyl (C=O) groups is 3. The van der Waals surface area contributed by atoms with Crippen LogP contribution in [0.2, 0.25) is 0 Å². The van der Waals surface area contributed by atoms with Crippen LogP contribution in [0.1, 0.15) is 33.3 Å². The number of nitrogens with zero attached hydrogens (tertiary/aromatic N) is 1. The number of amides is 1. The highest BCUT2D eigenvalue weighted by molar-refractivity contribution is 7.17. The predicted molar refractivity (Wildman–Crippen MR) is 110 cm³/mol. The first kappa shape index (κ1) is 20.8. The van der Waals surface area contributed by atoms with Gasteiger partial charge in [-0.1, -0.05) is 30.3 Å². The van der Waals surface area contributed by atoms with Gasteiger partial charge in [0.25, 0.3) is 0 Å².